The lowest BCUT2D eigenvalue weighted by Gasteiger charge is -2.14. The monoisotopic (exact) mass is 282 g/mol. The van der Waals surface area contributed by atoms with Crippen molar-refractivity contribution in [2.24, 2.45) is 11.8 Å². The Labute approximate surface area is 120 Å². The molecule has 0 spiro atoms. The second kappa shape index (κ2) is 7.50. The van der Waals surface area contributed by atoms with Crippen molar-refractivity contribution in [3.63, 3.8) is 0 Å². The van der Waals surface area contributed by atoms with Crippen LogP contribution in [0.15, 0.2) is 0 Å². The summed E-state index contributed by atoms with van der Waals surface area (Å²) in [7, 11) is 0. The molecule has 5 heteroatoms. The number of carbonyl (C=O) groups is 2. The zero-order valence-corrected chi connectivity index (χ0v) is 12.1. The van der Waals surface area contributed by atoms with Gasteiger partial charge in [-0.15, -0.1) is 0 Å². The van der Waals surface area contributed by atoms with E-state index in [4.69, 9.17) is 5.11 Å². The first-order chi connectivity index (χ1) is 9.65. The minimum Gasteiger partial charge on any atom is -0.481 e. The molecule has 0 aromatic heterocycles. The van der Waals surface area contributed by atoms with Crippen molar-refractivity contribution >= 4 is 12.0 Å². The Bertz CT molecular complexity index is 340. The van der Waals surface area contributed by atoms with Crippen molar-refractivity contribution in [1.29, 1.82) is 0 Å². The van der Waals surface area contributed by atoms with Gasteiger partial charge in [0.25, 0.3) is 0 Å². The van der Waals surface area contributed by atoms with Gasteiger partial charge in [0.2, 0.25) is 0 Å². The molecule has 0 aromatic carbocycles. The van der Waals surface area contributed by atoms with Crippen LogP contribution in [0.3, 0.4) is 0 Å². The average Bonchev–Trinajstić information content (AvgIpc) is 3.05. The number of hydrogen-bond donors (Lipinski definition) is 3. The van der Waals surface area contributed by atoms with Gasteiger partial charge >= 0.3 is 12.0 Å². The molecule has 0 heterocycles. The maximum Gasteiger partial charge on any atom is 0.315 e. The summed E-state index contributed by atoms with van der Waals surface area (Å²) in [6.07, 6.45) is 9.69. The van der Waals surface area contributed by atoms with Crippen LogP contribution < -0.4 is 10.6 Å². The smallest absolute Gasteiger partial charge is 0.315 e. The predicted octanol–water partition coefficient (Wildman–Crippen LogP) is 2.51. The van der Waals surface area contributed by atoms with E-state index in [1.807, 2.05) is 0 Å². The van der Waals surface area contributed by atoms with E-state index in [1.165, 1.54) is 32.1 Å². The molecule has 0 aromatic rings. The highest BCUT2D eigenvalue weighted by molar-refractivity contribution is 5.75. The summed E-state index contributed by atoms with van der Waals surface area (Å²) in [5.41, 5.74) is 0. The summed E-state index contributed by atoms with van der Waals surface area (Å²) in [6, 6.07) is -0.126. The molecule has 0 bridgehead atoms. The first-order valence-electron chi connectivity index (χ1n) is 7.92. The van der Waals surface area contributed by atoms with Crippen LogP contribution >= 0.6 is 0 Å². The minimum atomic E-state index is -0.744. The highest BCUT2D eigenvalue weighted by Crippen LogP contribution is 2.28. The fourth-order valence-corrected chi connectivity index (χ4v) is 3.47. The fourth-order valence-electron chi connectivity index (χ4n) is 3.47. The maximum atomic E-state index is 11.7. The Hall–Kier alpha value is -1.26. The SMILES string of the molecule is O=C(NCCCC1CCCC1)NC1CCC(C(=O)O)C1. The van der Waals surface area contributed by atoms with Crippen molar-refractivity contribution in [1.82, 2.24) is 10.6 Å². The Morgan fingerprint density at radius 2 is 1.85 bits per heavy atom. The van der Waals surface area contributed by atoms with Crippen LogP contribution in [0, 0.1) is 11.8 Å². The molecule has 2 unspecified atom stereocenters. The molecule has 2 aliphatic rings. The number of carboxylic acids is 1. The molecule has 20 heavy (non-hydrogen) atoms. The highest BCUT2D eigenvalue weighted by atomic mass is 16.4. The van der Waals surface area contributed by atoms with Gasteiger partial charge < -0.3 is 15.7 Å². The second-order valence-corrected chi connectivity index (χ2v) is 6.24. The lowest BCUT2D eigenvalue weighted by molar-refractivity contribution is -0.141. The largest absolute Gasteiger partial charge is 0.481 e. The topological polar surface area (TPSA) is 78.4 Å². The molecule has 2 fully saturated rings. The number of hydrogen-bond acceptors (Lipinski definition) is 2. The normalized spacial score (nSPS) is 26.6. The van der Waals surface area contributed by atoms with Gasteiger partial charge in [-0.25, -0.2) is 4.79 Å². The lowest BCUT2D eigenvalue weighted by atomic mass is 10.0. The van der Waals surface area contributed by atoms with Gasteiger partial charge in [-0.3, -0.25) is 4.79 Å². The molecular weight excluding hydrogens is 256 g/mol. The molecule has 2 amide bonds. The third-order valence-corrected chi connectivity index (χ3v) is 4.67. The standard InChI is InChI=1S/C15H26N2O3/c18-14(19)12-7-8-13(10-12)17-15(20)16-9-3-6-11-4-1-2-5-11/h11-13H,1-10H2,(H,18,19)(H2,16,17,20). The molecule has 3 N–H and O–H groups in total. The number of rotatable bonds is 6. The second-order valence-electron chi connectivity index (χ2n) is 6.24. The number of carbonyl (C=O) groups excluding carboxylic acids is 1. The van der Waals surface area contributed by atoms with Crippen molar-refractivity contribution in [3.8, 4) is 0 Å². The van der Waals surface area contributed by atoms with Crippen LogP contribution in [0.5, 0.6) is 0 Å². The molecular formula is C15H26N2O3. The molecule has 0 radical (unpaired) electrons. The molecule has 0 aliphatic heterocycles. The fraction of sp³-hybridized carbons (Fsp3) is 0.867. The van der Waals surface area contributed by atoms with E-state index >= 15 is 0 Å². The van der Waals surface area contributed by atoms with Crippen LogP contribution in [0.2, 0.25) is 0 Å². The molecule has 2 aliphatic carbocycles. The molecule has 5 nitrogen and oxygen atoms in total. The van der Waals surface area contributed by atoms with Gasteiger partial charge in [-0.1, -0.05) is 25.7 Å². The van der Waals surface area contributed by atoms with Crippen LogP contribution in [0.1, 0.15) is 57.8 Å². The molecule has 2 saturated carbocycles. The number of nitrogens with one attached hydrogen (secondary N) is 2. The van der Waals surface area contributed by atoms with Crippen LogP contribution in [0.4, 0.5) is 4.79 Å². The number of carboxylic acid groups (broad SMARTS) is 1. The Morgan fingerprint density at radius 3 is 2.50 bits per heavy atom. The third-order valence-electron chi connectivity index (χ3n) is 4.67. The third kappa shape index (κ3) is 4.69. The Kier molecular flexibility index (Phi) is 5.68. The predicted molar refractivity (Wildman–Crippen MR) is 76.5 cm³/mol. The summed E-state index contributed by atoms with van der Waals surface area (Å²) in [6.45, 7) is 0.720. The summed E-state index contributed by atoms with van der Waals surface area (Å²) in [4.78, 5) is 22.5. The van der Waals surface area contributed by atoms with Gasteiger partial charge in [0.1, 0.15) is 0 Å². The summed E-state index contributed by atoms with van der Waals surface area (Å²) in [5, 5.41) is 14.7. The quantitative estimate of drug-likeness (QED) is 0.655. The number of amides is 2. The van der Waals surface area contributed by atoms with Gasteiger partial charge in [0.05, 0.1) is 5.92 Å². The Balaban J connectivity index is 1.53. The zero-order valence-electron chi connectivity index (χ0n) is 12.1. The first kappa shape index (κ1) is 15.1. The Morgan fingerprint density at radius 1 is 1.10 bits per heavy atom. The van der Waals surface area contributed by atoms with E-state index in [9.17, 15) is 9.59 Å². The van der Waals surface area contributed by atoms with Gasteiger partial charge in [-0.05, 0) is 38.0 Å². The van der Waals surface area contributed by atoms with E-state index in [-0.39, 0.29) is 18.0 Å². The van der Waals surface area contributed by atoms with E-state index in [0.29, 0.717) is 12.8 Å². The van der Waals surface area contributed by atoms with Gasteiger partial charge in [0.15, 0.2) is 0 Å². The summed E-state index contributed by atoms with van der Waals surface area (Å²) < 4.78 is 0. The van der Waals surface area contributed by atoms with E-state index in [0.717, 1.165) is 25.3 Å². The van der Waals surface area contributed by atoms with E-state index < -0.39 is 5.97 Å². The first-order valence-corrected chi connectivity index (χ1v) is 7.92. The average molecular weight is 282 g/mol. The highest BCUT2D eigenvalue weighted by Gasteiger charge is 2.30. The van der Waals surface area contributed by atoms with Crippen molar-refractivity contribution in [2.45, 2.75) is 63.8 Å². The maximum absolute atomic E-state index is 11.7. The summed E-state index contributed by atoms with van der Waals surface area (Å²) in [5.74, 6) is -0.167. The molecule has 2 rings (SSSR count). The van der Waals surface area contributed by atoms with Crippen LogP contribution in [-0.2, 0) is 4.79 Å². The van der Waals surface area contributed by atoms with Crippen molar-refractivity contribution in [3.05, 3.63) is 0 Å². The number of aliphatic carboxylic acids is 1. The van der Waals surface area contributed by atoms with Gasteiger partial charge in [-0.2, -0.15) is 0 Å². The molecule has 114 valence electrons. The van der Waals surface area contributed by atoms with Crippen molar-refractivity contribution in [2.75, 3.05) is 6.54 Å². The van der Waals surface area contributed by atoms with Crippen LogP contribution in [-0.4, -0.2) is 29.7 Å². The minimum absolute atomic E-state index is 0.0194. The zero-order chi connectivity index (χ0) is 14.4. The molecule has 0 saturated heterocycles. The lowest BCUT2D eigenvalue weighted by Crippen LogP contribution is -2.41. The van der Waals surface area contributed by atoms with E-state index in [2.05, 4.69) is 10.6 Å². The van der Waals surface area contributed by atoms with Crippen LogP contribution in [0.25, 0.3) is 0 Å². The molecule has 2 atom stereocenters. The number of urea groups is 1. The summed E-state index contributed by atoms with van der Waals surface area (Å²) >= 11 is 0. The van der Waals surface area contributed by atoms with Gasteiger partial charge in [0, 0.05) is 12.6 Å². The van der Waals surface area contributed by atoms with Crippen molar-refractivity contribution < 1.29 is 14.7 Å². The van der Waals surface area contributed by atoms with E-state index in [1.54, 1.807) is 0 Å².